The summed E-state index contributed by atoms with van der Waals surface area (Å²) in [7, 11) is -3.90. The van der Waals surface area contributed by atoms with Gasteiger partial charge in [0.05, 0.1) is 11.4 Å². The van der Waals surface area contributed by atoms with Gasteiger partial charge in [0, 0.05) is 13.0 Å². The molecule has 1 aliphatic rings. The number of hydrogen-bond donors (Lipinski definition) is 0. The summed E-state index contributed by atoms with van der Waals surface area (Å²) in [6.45, 7) is 6.30. The Labute approximate surface area is 236 Å². The summed E-state index contributed by atoms with van der Waals surface area (Å²) in [6.07, 6.45) is -0.135. The van der Waals surface area contributed by atoms with Crippen LogP contribution in [-0.4, -0.2) is 37.9 Å². The molecule has 5 nitrogen and oxygen atoms in total. The molecule has 0 amide bonds. The molecule has 1 heterocycles. The largest absolute Gasteiger partial charge is 0.460 e. The Balaban J connectivity index is 1.63. The zero-order valence-electron chi connectivity index (χ0n) is 22.6. The van der Waals surface area contributed by atoms with E-state index in [-0.39, 0.29) is 24.4 Å². The summed E-state index contributed by atoms with van der Waals surface area (Å²) in [5.41, 5.74) is 2.93. The Kier molecular flexibility index (Phi) is 8.01. The number of carbonyl (C=O) groups excluding carboxylic acids is 1. The Hall–Kier alpha value is -4.00. The number of esters is 1. The van der Waals surface area contributed by atoms with E-state index >= 15 is 0 Å². The number of hydrogen-bond acceptors (Lipinski definition) is 4. The Bertz CT molecular complexity index is 1530. The van der Waals surface area contributed by atoms with Crippen LogP contribution in [0.4, 0.5) is 0 Å². The van der Waals surface area contributed by atoms with Gasteiger partial charge in [-0.2, -0.15) is 4.31 Å². The van der Waals surface area contributed by atoms with Gasteiger partial charge in [0.25, 0.3) is 0 Å². The molecule has 0 spiro atoms. The molecule has 40 heavy (non-hydrogen) atoms. The van der Waals surface area contributed by atoms with Crippen LogP contribution in [0.1, 0.15) is 28.7 Å². The zero-order valence-corrected chi connectivity index (χ0v) is 23.4. The highest BCUT2D eigenvalue weighted by molar-refractivity contribution is 7.89. The molecular weight excluding hydrogens is 518 g/mol. The third-order valence-corrected chi connectivity index (χ3v) is 9.27. The Morgan fingerprint density at radius 3 is 1.90 bits per heavy atom. The standard InChI is InChI=1S/C34H33NO4S/c1-26-18-20-32(21-19-26)40(37,38)35-24-27(2)23-34(29-14-8-4-9-15-29,30-16-10-5-11-17-30)33(36)39-31(25-35)22-28-12-6-3-7-13-28/h3-21,31H,2,22-25H2,1H3. The van der Waals surface area contributed by atoms with Crippen molar-refractivity contribution < 1.29 is 17.9 Å². The lowest BCUT2D eigenvalue weighted by atomic mass is 9.70. The maximum Gasteiger partial charge on any atom is 0.321 e. The van der Waals surface area contributed by atoms with E-state index in [1.54, 1.807) is 24.3 Å². The molecule has 4 aromatic rings. The van der Waals surface area contributed by atoms with Crippen LogP contribution in [0.2, 0.25) is 0 Å². The molecule has 0 aromatic heterocycles. The van der Waals surface area contributed by atoms with Crippen LogP contribution >= 0.6 is 0 Å². The van der Waals surface area contributed by atoms with Crippen LogP contribution < -0.4 is 0 Å². The molecule has 0 N–H and O–H groups in total. The minimum absolute atomic E-state index is 0.00945. The van der Waals surface area contributed by atoms with E-state index in [0.717, 1.165) is 22.3 Å². The van der Waals surface area contributed by atoms with Gasteiger partial charge in [0.1, 0.15) is 11.5 Å². The van der Waals surface area contributed by atoms with Crippen molar-refractivity contribution in [2.75, 3.05) is 13.1 Å². The van der Waals surface area contributed by atoms with Gasteiger partial charge < -0.3 is 4.74 Å². The minimum atomic E-state index is -3.90. The van der Waals surface area contributed by atoms with Gasteiger partial charge in [0.15, 0.2) is 0 Å². The third-order valence-electron chi connectivity index (χ3n) is 7.44. The van der Waals surface area contributed by atoms with Gasteiger partial charge in [-0.25, -0.2) is 8.42 Å². The van der Waals surface area contributed by atoms with Crippen LogP contribution in [0, 0.1) is 6.92 Å². The van der Waals surface area contributed by atoms with Crippen LogP contribution in [0.15, 0.2) is 132 Å². The summed E-state index contributed by atoms with van der Waals surface area (Å²) in [5.74, 6) is -0.415. The summed E-state index contributed by atoms with van der Waals surface area (Å²) < 4.78 is 35.6. The summed E-state index contributed by atoms with van der Waals surface area (Å²) in [5, 5.41) is 0. The van der Waals surface area contributed by atoms with E-state index < -0.39 is 27.5 Å². The maximum atomic E-state index is 14.4. The highest BCUT2D eigenvalue weighted by Gasteiger charge is 2.46. The maximum absolute atomic E-state index is 14.4. The molecular formula is C34H33NO4S. The molecule has 1 aliphatic heterocycles. The quantitative estimate of drug-likeness (QED) is 0.215. The van der Waals surface area contributed by atoms with E-state index in [2.05, 4.69) is 6.58 Å². The molecule has 0 radical (unpaired) electrons. The summed E-state index contributed by atoms with van der Waals surface area (Å²) in [4.78, 5) is 14.6. The van der Waals surface area contributed by atoms with Gasteiger partial charge in [-0.1, -0.05) is 121 Å². The second kappa shape index (κ2) is 11.6. The van der Waals surface area contributed by atoms with Crippen LogP contribution in [-0.2, 0) is 31.4 Å². The number of aryl methyl sites for hydroxylation is 1. The SMILES string of the molecule is C=C1CN(S(=O)(=O)c2ccc(C)cc2)CC(Cc2ccccc2)OC(=O)C(c2ccccc2)(c2ccccc2)C1. The fourth-order valence-corrected chi connectivity index (χ4v) is 6.90. The van der Waals surface area contributed by atoms with Crippen LogP contribution in [0.25, 0.3) is 0 Å². The number of sulfonamides is 1. The highest BCUT2D eigenvalue weighted by Crippen LogP contribution is 2.41. The lowest BCUT2D eigenvalue weighted by Crippen LogP contribution is -2.43. The first-order valence-corrected chi connectivity index (χ1v) is 14.8. The molecule has 1 unspecified atom stereocenters. The van der Waals surface area contributed by atoms with Gasteiger partial charge in [-0.3, -0.25) is 4.79 Å². The van der Waals surface area contributed by atoms with Gasteiger partial charge >= 0.3 is 5.97 Å². The van der Waals surface area contributed by atoms with Crippen molar-refractivity contribution in [3.05, 3.63) is 150 Å². The number of rotatable bonds is 6. The normalized spacial score (nSPS) is 18.3. The van der Waals surface area contributed by atoms with Crippen molar-refractivity contribution in [2.45, 2.75) is 36.2 Å². The Morgan fingerprint density at radius 1 is 0.825 bits per heavy atom. The number of cyclic esters (lactones) is 1. The van der Waals surface area contributed by atoms with Gasteiger partial charge in [-0.05, 0) is 42.2 Å². The molecule has 0 aliphatic carbocycles. The molecule has 1 fully saturated rings. The summed E-state index contributed by atoms with van der Waals surface area (Å²) >= 11 is 0. The number of nitrogens with zero attached hydrogens (tertiary/aromatic N) is 1. The molecule has 0 saturated carbocycles. The third kappa shape index (κ3) is 5.64. The number of benzene rings is 4. The average molecular weight is 552 g/mol. The van der Waals surface area contributed by atoms with E-state index in [4.69, 9.17) is 4.74 Å². The van der Waals surface area contributed by atoms with Crippen molar-refractivity contribution in [3.63, 3.8) is 0 Å². The minimum Gasteiger partial charge on any atom is -0.460 e. The zero-order chi connectivity index (χ0) is 28.2. The average Bonchev–Trinajstić information content (AvgIpc) is 3.02. The van der Waals surface area contributed by atoms with Crippen LogP contribution in [0.5, 0.6) is 0 Å². The first kappa shape index (κ1) is 27.6. The van der Waals surface area contributed by atoms with Crippen molar-refractivity contribution in [1.82, 2.24) is 4.31 Å². The predicted molar refractivity (Wildman–Crippen MR) is 157 cm³/mol. The van der Waals surface area contributed by atoms with Crippen LogP contribution in [0.3, 0.4) is 0 Å². The number of carbonyl (C=O) groups is 1. The van der Waals surface area contributed by atoms with Gasteiger partial charge in [-0.15, -0.1) is 0 Å². The number of ether oxygens (including phenoxy) is 1. The molecule has 4 aromatic carbocycles. The summed E-state index contributed by atoms with van der Waals surface area (Å²) in [6, 6.07) is 35.6. The second-order valence-corrected chi connectivity index (χ2v) is 12.3. The lowest BCUT2D eigenvalue weighted by Gasteiger charge is -2.34. The fraction of sp³-hybridized carbons (Fsp3) is 0.206. The molecule has 204 valence electrons. The van der Waals surface area contributed by atoms with Crippen molar-refractivity contribution >= 4 is 16.0 Å². The smallest absolute Gasteiger partial charge is 0.321 e. The molecule has 6 heteroatoms. The molecule has 0 bridgehead atoms. The van der Waals surface area contributed by atoms with Crippen molar-refractivity contribution in [3.8, 4) is 0 Å². The van der Waals surface area contributed by atoms with E-state index in [9.17, 15) is 13.2 Å². The molecule has 5 rings (SSSR count). The van der Waals surface area contributed by atoms with E-state index in [1.165, 1.54) is 4.31 Å². The fourth-order valence-electron chi connectivity index (χ4n) is 5.41. The Morgan fingerprint density at radius 2 is 1.35 bits per heavy atom. The second-order valence-electron chi connectivity index (χ2n) is 10.4. The van der Waals surface area contributed by atoms with Crippen molar-refractivity contribution in [1.29, 1.82) is 0 Å². The van der Waals surface area contributed by atoms with E-state index in [1.807, 2.05) is 97.9 Å². The molecule has 1 saturated heterocycles. The first-order valence-electron chi connectivity index (χ1n) is 13.4. The topological polar surface area (TPSA) is 63.7 Å². The lowest BCUT2D eigenvalue weighted by molar-refractivity contribution is -0.154. The first-order chi connectivity index (χ1) is 19.3. The highest BCUT2D eigenvalue weighted by atomic mass is 32.2. The molecule has 1 atom stereocenters. The van der Waals surface area contributed by atoms with Gasteiger partial charge in [0.2, 0.25) is 10.0 Å². The monoisotopic (exact) mass is 551 g/mol. The van der Waals surface area contributed by atoms with Crippen molar-refractivity contribution in [2.24, 2.45) is 0 Å². The predicted octanol–water partition coefficient (Wildman–Crippen LogP) is 6.09. The van der Waals surface area contributed by atoms with E-state index in [0.29, 0.717) is 12.0 Å².